The molecule has 0 aliphatic carbocycles. The molecule has 0 amide bonds. The summed E-state index contributed by atoms with van der Waals surface area (Å²) in [5.74, 6) is 0. The number of nitrogens with zero attached hydrogens (tertiary/aromatic N) is 3. The molecular formula is C18H31N4O7P. The van der Waals surface area contributed by atoms with Gasteiger partial charge in [-0.2, -0.15) is 0 Å². The van der Waals surface area contributed by atoms with Crippen LogP contribution in [0.5, 0.6) is 0 Å². The molecule has 170 valence electrons. The molecule has 2 rings (SSSR count). The number of H-pyrrole nitrogens is 1. The number of rotatable bonds is 9. The van der Waals surface area contributed by atoms with Gasteiger partial charge in [-0.05, 0) is 0 Å². The molecule has 0 aromatic carbocycles. The van der Waals surface area contributed by atoms with Gasteiger partial charge in [0.05, 0.1) is 0 Å². The van der Waals surface area contributed by atoms with Crippen LogP contribution in [0.2, 0.25) is 0 Å². The van der Waals surface area contributed by atoms with Gasteiger partial charge in [0, 0.05) is 0 Å². The molecule has 1 aliphatic heterocycles. The van der Waals surface area contributed by atoms with Gasteiger partial charge in [-0.15, -0.1) is 0 Å². The van der Waals surface area contributed by atoms with E-state index in [1.54, 1.807) is 4.67 Å². The molecule has 12 heteroatoms. The molecule has 2 heterocycles. The number of nitrogens with one attached hydrogen (secondary N) is 1. The molecule has 11 nitrogen and oxygen atoms in total. The number of nitriles is 1. The third-order valence-electron chi connectivity index (χ3n) is 5.02. The first-order chi connectivity index (χ1) is 14.1. The summed E-state index contributed by atoms with van der Waals surface area (Å²) in [5, 5.41) is 29.7. The number of ether oxygens (including phenoxy) is 1. The Morgan fingerprint density at radius 1 is 1.37 bits per heavy atom. The molecule has 0 spiro atoms. The summed E-state index contributed by atoms with van der Waals surface area (Å²) in [6.45, 7) is 7.04. The molecule has 4 atom stereocenters. The zero-order chi connectivity index (χ0) is 22.6. The molecule has 4 N–H and O–H groups in total. The van der Waals surface area contributed by atoms with Crippen LogP contribution in [0.1, 0.15) is 40.3 Å². The number of hydrogen-bond donors (Lipinski definition) is 4. The van der Waals surface area contributed by atoms with E-state index in [4.69, 9.17) is 14.5 Å². The molecule has 1 fully saturated rings. The van der Waals surface area contributed by atoms with Gasteiger partial charge in [0.1, 0.15) is 0 Å². The van der Waals surface area contributed by atoms with Crippen molar-refractivity contribution in [2.75, 3.05) is 12.8 Å². The van der Waals surface area contributed by atoms with Crippen molar-refractivity contribution < 1.29 is 24.4 Å². The Hall–Kier alpha value is -1.64. The third-order valence-corrected chi connectivity index (χ3v) is 8.41. The van der Waals surface area contributed by atoms with Crippen molar-refractivity contribution in [3.8, 4) is 6.07 Å². The molecule has 0 bridgehead atoms. The Kier molecular flexibility index (Phi) is 8.30. The SMILES string of the molecule is CC(C)N(C(C)C)[PH](O)(CCC#N)O[C@H]1[C@@H](O)[C@H](n2ccc(=O)[nH]c2=O)O[C@@H]1CO. The van der Waals surface area contributed by atoms with Gasteiger partial charge in [0.2, 0.25) is 0 Å². The third kappa shape index (κ3) is 5.15. The molecule has 0 radical (unpaired) electrons. The fraction of sp³-hybridized carbons (Fsp3) is 0.722. The number of aromatic amines is 1. The number of hydrogen-bond acceptors (Lipinski definition) is 9. The maximum atomic E-state index is 12.1. The molecular weight excluding hydrogens is 415 g/mol. The van der Waals surface area contributed by atoms with E-state index >= 15 is 0 Å². The molecule has 0 saturated carbocycles. The summed E-state index contributed by atoms with van der Waals surface area (Å²) in [7, 11) is -3.73. The maximum absolute atomic E-state index is 12.1. The van der Waals surface area contributed by atoms with Crippen molar-refractivity contribution in [2.24, 2.45) is 0 Å². The van der Waals surface area contributed by atoms with Crippen LogP contribution in [-0.4, -0.2) is 72.5 Å². The first-order valence-corrected chi connectivity index (χ1v) is 11.9. The Morgan fingerprint density at radius 2 is 2.00 bits per heavy atom. The van der Waals surface area contributed by atoms with Gasteiger partial charge in [0.15, 0.2) is 0 Å². The Morgan fingerprint density at radius 3 is 2.50 bits per heavy atom. The fourth-order valence-electron chi connectivity index (χ4n) is 3.96. The van der Waals surface area contributed by atoms with Crippen molar-refractivity contribution in [3.05, 3.63) is 33.1 Å². The van der Waals surface area contributed by atoms with Crippen molar-refractivity contribution in [1.82, 2.24) is 14.2 Å². The van der Waals surface area contributed by atoms with Crippen LogP contribution in [-0.2, 0) is 9.26 Å². The molecule has 1 aromatic heterocycles. The van der Waals surface area contributed by atoms with E-state index in [0.29, 0.717) is 0 Å². The predicted octanol–water partition coefficient (Wildman–Crippen LogP) is -0.308. The first-order valence-electron chi connectivity index (χ1n) is 9.87. The molecule has 0 unspecified atom stereocenters. The van der Waals surface area contributed by atoms with E-state index in [2.05, 4.69) is 4.98 Å². The molecule has 1 saturated heterocycles. The summed E-state index contributed by atoms with van der Waals surface area (Å²) in [6.07, 6.45) is -3.50. The Balaban J connectivity index is 2.39. The van der Waals surface area contributed by atoms with Crippen LogP contribution in [0.3, 0.4) is 0 Å². The van der Waals surface area contributed by atoms with Crippen LogP contribution in [0.25, 0.3) is 0 Å². The summed E-state index contributed by atoms with van der Waals surface area (Å²) in [5.41, 5.74) is -1.38. The van der Waals surface area contributed by atoms with Crippen LogP contribution in [0, 0.1) is 11.3 Å². The molecule has 1 aliphatic rings. The van der Waals surface area contributed by atoms with Gasteiger partial charge in [-0.3, -0.25) is 0 Å². The number of aromatic nitrogens is 2. The van der Waals surface area contributed by atoms with Crippen LogP contribution in [0.15, 0.2) is 21.9 Å². The van der Waals surface area contributed by atoms with Crippen molar-refractivity contribution >= 4 is 7.87 Å². The minimum absolute atomic E-state index is 0.0505. The summed E-state index contributed by atoms with van der Waals surface area (Å²) >= 11 is 0. The monoisotopic (exact) mass is 446 g/mol. The van der Waals surface area contributed by atoms with E-state index in [1.165, 1.54) is 6.20 Å². The summed E-state index contributed by atoms with van der Waals surface area (Å²) in [4.78, 5) is 37.0. The van der Waals surface area contributed by atoms with Gasteiger partial charge >= 0.3 is 174 Å². The van der Waals surface area contributed by atoms with E-state index in [9.17, 15) is 24.7 Å². The van der Waals surface area contributed by atoms with Gasteiger partial charge in [-0.1, -0.05) is 0 Å². The fourth-order valence-corrected chi connectivity index (χ4v) is 7.23. The second-order valence-corrected chi connectivity index (χ2v) is 10.6. The average molecular weight is 446 g/mol. The van der Waals surface area contributed by atoms with Crippen molar-refractivity contribution in [3.63, 3.8) is 0 Å². The van der Waals surface area contributed by atoms with Crippen LogP contribution in [0.4, 0.5) is 0 Å². The Labute approximate surface area is 175 Å². The van der Waals surface area contributed by atoms with Gasteiger partial charge in [0.25, 0.3) is 0 Å². The second-order valence-electron chi connectivity index (χ2n) is 7.83. The zero-order valence-corrected chi connectivity index (χ0v) is 18.6. The predicted molar refractivity (Wildman–Crippen MR) is 111 cm³/mol. The number of aliphatic hydroxyl groups is 2. The van der Waals surface area contributed by atoms with Crippen LogP contribution >= 0.6 is 7.87 Å². The summed E-state index contributed by atoms with van der Waals surface area (Å²) in [6, 6.07) is 2.91. The van der Waals surface area contributed by atoms with Crippen molar-refractivity contribution in [2.45, 2.75) is 70.7 Å². The van der Waals surface area contributed by atoms with E-state index in [1.807, 2.05) is 33.8 Å². The second kappa shape index (κ2) is 10.1. The standard InChI is InChI=1S/C18H31N4O7P/c1-11(2)22(12(3)4)30(27,9-5-7-19)29-16-13(10-23)28-17(15(16)25)21-8-6-14(24)20-18(21)26/h6,8,11-13,15-17,23,25,27,30H,5,9-10H2,1-4H3,(H,20,24,26)/t13-,15-,16-,17-/m1/s1. The van der Waals surface area contributed by atoms with E-state index in [-0.39, 0.29) is 24.7 Å². The topological polar surface area (TPSA) is 161 Å². The number of aliphatic hydroxyl groups excluding tert-OH is 2. The minimum atomic E-state index is -3.73. The molecule has 30 heavy (non-hydrogen) atoms. The average Bonchev–Trinajstić information content (AvgIpc) is 2.95. The van der Waals surface area contributed by atoms with Gasteiger partial charge in [-0.25, -0.2) is 0 Å². The van der Waals surface area contributed by atoms with Gasteiger partial charge < -0.3 is 0 Å². The van der Waals surface area contributed by atoms with Crippen LogP contribution < -0.4 is 11.2 Å². The summed E-state index contributed by atoms with van der Waals surface area (Å²) < 4.78 is 14.5. The zero-order valence-electron chi connectivity index (χ0n) is 17.6. The Bertz CT molecular complexity index is 859. The first kappa shape index (κ1) is 24.6. The van der Waals surface area contributed by atoms with Crippen molar-refractivity contribution in [1.29, 1.82) is 5.26 Å². The normalized spacial score (nSPS) is 25.2. The quantitative estimate of drug-likeness (QED) is 0.373. The van der Waals surface area contributed by atoms with E-state index < -0.39 is 50.3 Å². The molecule has 1 aromatic rings. The van der Waals surface area contributed by atoms with E-state index in [0.717, 1.165) is 10.6 Å².